The Kier molecular flexibility index (Phi) is 4.64. The zero-order valence-electron chi connectivity index (χ0n) is 14.2. The molecule has 0 spiro atoms. The van der Waals surface area contributed by atoms with E-state index in [1.165, 1.54) is 24.5 Å². The van der Waals surface area contributed by atoms with Gasteiger partial charge in [0.2, 0.25) is 11.7 Å². The zero-order chi connectivity index (χ0) is 19.7. The molecule has 4 rings (SSSR count). The predicted molar refractivity (Wildman–Crippen MR) is 97.0 cm³/mol. The number of rotatable bonds is 4. The van der Waals surface area contributed by atoms with E-state index in [-0.39, 0.29) is 17.2 Å². The number of halogens is 4. The SMILES string of the molecule is FC(F)(F)c1cc(Cl)ccc1-c1cnc2nc(COc3ccccn3)cn2c1. The second kappa shape index (κ2) is 7.12. The normalized spacial score (nSPS) is 11.7. The highest BCUT2D eigenvalue weighted by Gasteiger charge is 2.34. The molecule has 0 unspecified atom stereocenters. The Labute approximate surface area is 162 Å². The number of benzene rings is 1. The maximum Gasteiger partial charge on any atom is 0.417 e. The summed E-state index contributed by atoms with van der Waals surface area (Å²) < 4.78 is 47.2. The minimum absolute atomic E-state index is 0.00807. The second-order valence-electron chi connectivity index (χ2n) is 5.93. The molecule has 0 amide bonds. The van der Waals surface area contributed by atoms with Crippen molar-refractivity contribution in [3.63, 3.8) is 0 Å². The lowest BCUT2D eigenvalue weighted by molar-refractivity contribution is -0.137. The van der Waals surface area contributed by atoms with Crippen LogP contribution in [0.5, 0.6) is 5.88 Å². The molecule has 0 fully saturated rings. The number of hydrogen-bond donors (Lipinski definition) is 0. The minimum atomic E-state index is -4.54. The van der Waals surface area contributed by atoms with E-state index >= 15 is 0 Å². The van der Waals surface area contributed by atoms with Crippen molar-refractivity contribution in [2.24, 2.45) is 0 Å². The molecule has 1 aromatic carbocycles. The summed E-state index contributed by atoms with van der Waals surface area (Å²) in [6.45, 7) is 0.157. The summed E-state index contributed by atoms with van der Waals surface area (Å²) in [5, 5.41) is 0.0155. The number of nitrogens with zero attached hydrogens (tertiary/aromatic N) is 4. The van der Waals surface area contributed by atoms with Gasteiger partial charge in [0.25, 0.3) is 0 Å². The number of ether oxygens (including phenoxy) is 1. The van der Waals surface area contributed by atoms with E-state index in [4.69, 9.17) is 16.3 Å². The Hall–Kier alpha value is -3.13. The van der Waals surface area contributed by atoms with Gasteiger partial charge in [0.05, 0.1) is 11.3 Å². The molecule has 0 aliphatic heterocycles. The molecule has 5 nitrogen and oxygen atoms in total. The lowest BCUT2D eigenvalue weighted by Crippen LogP contribution is -2.07. The van der Waals surface area contributed by atoms with Gasteiger partial charge in [-0.15, -0.1) is 0 Å². The van der Waals surface area contributed by atoms with Gasteiger partial charge in [0, 0.05) is 41.4 Å². The largest absolute Gasteiger partial charge is 0.471 e. The Balaban J connectivity index is 1.66. The molecule has 0 aliphatic rings. The summed E-state index contributed by atoms with van der Waals surface area (Å²) in [6, 6.07) is 8.93. The number of fused-ring (bicyclic) bond motifs is 1. The molecule has 0 saturated carbocycles. The van der Waals surface area contributed by atoms with Crippen LogP contribution in [0.15, 0.2) is 61.2 Å². The van der Waals surface area contributed by atoms with E-state index in [9.17, 15) is 13.2 Å². The van der Waals surface area contributed by atoms with Crippen LogP contribution in [0.25, 0.3) is 16.9 Å². The maximum atomic E-state index is 13.4. The van der Waals surface area contributed by atoms with Crippen molar-refractivity contribution < 1.29 is 17.9 Å². The molecule has 0 bridgehead atoms. The van der Waals surface area contributed by atoms with Crippen LogP contribution in [-0.4, -0.2) is 19.4 Å². The molecule has 0 atom stereocenters. The average molecular weight is 405 g/mol. The first-order valence-electron chi connectivity index (χ1n) is 8.15. The molecule has 3 aromatic heterocycles. The topological polar surface area (TPSA) is 52.3 Å². The minimum Gasteiger partial charge on any atom is -0.471 e. The van der Waals surface area contributed by atoms with E-state index in [1.807, 2.05) is 0 Å². The van der Waals surface area contributed by atoms with Crippen molar-refractivity contribution >= 4 is 17.4 Å². The summed E-state index contributed by atoms with van der Waals surface area (Å²) >= 11 is 5.74. The van der Waals surface area contributed by atoms with Crippen LogP contribution in [0, 0.1) is 0 Å². The summed E-state index contributed by atoms with van der Waals surface area (Å²) in [7, 11) is 0. The molecule has 142 valence electrons. The van der Waals surface area contributed by atoms with Crippen LogP contribution in [0.3, 0.4) is 0 Å². The van der Waals surface area contributed by atoms with Crippen molar-refractivity contribution in [2.75, 3.05) is 0 Å². The van der Waals surface area contributed by atoms with Crippen molar-refractivity contribution in [3.05, 3.63) is 77.5 Å². The van der Waals surface area contributed by atoms with Gasteiger partial charge >= 0.3 is 6.18 Å². The van der Waals surface area contributed by atoms with Crippen molar-refractivity contribution in [2.45, 2.75) is 12.8 Å². The van der Waals surface area contributed by atoms with Crippen LogP contribution in [0.4, 0.5) is 13.2 Å². The van der Waals surface area contributed by atoms with Gasteiger partial charge in [0.15, 0.2) is 0 Å². The molecule has 0 saturated heterocycles. The molecular formula is C19H12ClF3N4O. The molecule has 0 aliphatic carbocycles. The summed E-state index contributed by atoms with van der Waals surface area (Å²) in [5.74, 6) is 0.801. The Morgan fingerprint density at radius 3 is 2.68 bits per heavy atom. The third kappa shape index (κ3) is 3.77. The highest BCUT2D eigenvalue weighted by molar-refractivity contribution is 6.30. The molecule has 4 aromatic rings. The Bertz CT molecular complexity index is 1130. The Morgan fingerprint density at radius 1 is 1.07 bits per heavy atom. The summed E-state index contributed by atoms with van der Waals surface area (Å²) in [6.07, 6.45) is 1.61. The smallest absolute Gasteiger partial charge is 0.417 e. The molecule has 28 heavy (non-hydrogen) atoms. The summed E-state index contributed by atoms with van der Waals surface area (Å²) in [5.41, 5.74) is 0.0415. The van der Waals surface area contributed by atoms with Gasteiger partial charge in [-0.1, -0.05) is 23.7 Å². The van der Waals surface area contributed by atoms with Gasteiger partial charge in [-0.25, -0.2) is 15.0 Å². The van der Waals surface area contributed by atoms with Crippen LogP contribution in [0.1, 0.15) is 11.3 Å². The highest BCUT2D eigenvalue weighted by atomic mass is 35.5. The fraction of sp³-hybridized carbons (Fsp3) is 0.105. The molecule has 0 N–H and O–H groups in total. The van der Waals surface area contributed by atoms with Crippen molar-refractivity contribution in [1.82, 2.24) is 19.4 Å². The third-order valence-electron chi connectivity index (χ3n) is 3.96. The second-order valence-corrected chi connectivity index (χ2v) is 6.36. The van der Waals surface area contributed by atoms with E-state index in [2.05, 4.69) is 15.0 Å². The van der Waals surface area contributed by atoms with E-state index in [1.54, 1.807) is 35.0 Å². The van der Waals surface area contributed by atoms with Crippen LogP contribution in [0.2, 0.25) is 5.02 Å². The van der Waals surface area contributed by atoms with E-state index in [0.29, 0.717) is 22.9 Å². The lowest BCUT2D eigenvalue weighted by atomic mass is 10.0. The number of imidazole rings is 1. The standard InChI is InChI=1S/C19H12ClF3N4O/c20-13-4-5-15(16(7-13)19(21,22)23)12-8-25-18-26-14(10-27(18)9-12)11-28-17-3-1-2-6-24-17/h1-10H,11H2. The monoisotopic (exact) mass is 404 g/mol. The van der Waals surface area contributed by atoms with Gasteiger partial charge in [-0.05, 0) is 23.8 Å². The zero-order valence-corrected chi connectivity index (χ0v) is 14.9. The van der Waals surface area contributed by atoms with Crippen LogP contribution < -0.4 is 4.74 Å². The quantitative estimate of drug-likeness (QED) is 0.478. The van der Waals surface area contributed by atoms with Crippen LogP contribution in [-0.2, 0) is 12.8 Å². The van der Waals surface area contributed by atoms with Gasteiger partial charge in [-0.2, -0.15) is 13.2 Å². The predicted octanol–water partition coefficient (Wildman–Crippen LogP) is 5.04. The molecule has 9 heteroatoms. The first-order valence-corrected chi connectivity index (χ1v) is 8.52. The number of aromatic nitrogens is 4. The fourth-order valence-corrected chi connectivity index (χ4v) is 2.90. The first-order chi connectivity index (χ1) is 13.4. The number of alkyl halides is 3. The number of hydrogen-bond acceptors (Lipinski definition) is 4. The number of pyridine rings is 1. The summed E-state index contributed by atoms with van der Waals surface area (Å²) in [4.78, 5) is 12.5. The maximum absolute atomic E-state index is 13.4. The van der Waals surface area contributed by atoms with Crippen molar-refractivity contribution in [1.29, 1.82) is 0 Å². The van der Waals surface area contributed by atoms with Gasteiger partial charge in [0.1, 0.15) is 6.61 Å². The molecular weight excluding hydrogens is 393 g/mol. The molecule has 3 heterocycles. The molecule has 0 radical (unpaired) electrons. The van der Waals surface area contributed by atoms with Crippen LogP contribution >= 0.6 is 11.6 Å². The van der Waals surface area contributed by atoms with Gasteiger partial charge in [-0.3, -0.25) is 4.40 Å². The lowest BCUT2D eigenvalue weighted by Gasteiger charge is -2.13. The van der Waals surface area contributed by atoms with Crippen molar-refractivity contribution in [3.8, 4) is 17.0 Å². The highest BCUT2D eigenvalue weighted by Crippen LogP contribution is 2.38. The first kappa shape index (κ1) is 18.2. The Morgan fingerprint density at radius 2 is 1.93 bits per heavy atom. The van der Waals surface area contributed by atoms with Gasteiger partial charge < -0.3 is 4.74 Å². The van der Waals surface area contributed by atoms with E-state index < -0.39 is 11.7 Å². The fourth-order valence-electron chi connectivity index (χ4n) is 2.73. The third-order valence-corrected chi connectivity index (χ3v) is 4.20. The van der Waals surface area contributed by atoms with E-state index in [0.717, 1.165) is 6.07 Å². The average Bonchev–Trinajstić information content (AvgIpc) is 3.08.